The molecule has 2 rings (SSSR count). The van der Waals surface area contributed by atoms with Crippen LogP contribution in [0, 0.1) is 5.92 Å². The molecular formula is C23H25NO7. The second-order valence-corrected chi connectivity index (χ2v) is 7.06. The van der Waals surface area contributed by atoms with E-state index < -0.39 is 11.9 Å². The van der Waals surface area contributed by atoms with Gasteiger partial charge < -0.3 is 14.6 Å². The molecule has 0 aliphatic heterocycles. The second-order valence-electron chi connectivity index (χ2n) is 7.06. The number of benzene rings is 2. The molecular weight excluding hydrogens is 402 g/mol. The first kappa shape index (κ1) is 23.8. The first-order valence-electron chi connectivity index (χ1n) is 9.81. The summed E-state index contributed by atoms with van der Waals surface area (Å²) in [6.07, 6.45) is 2.39. The molecule has 0 aliphatic rings. The zero-order valence-electron chi connectivity index (χ0n) is 17.2. The molecule has 0 saturated heterocycles. The number of hydrogen-bond donors (Lipinski definition) is 2. The molecule has 2 aromatic carbocycles. The Balaban J connectivity index is 1.75. The molecule has 1 atom stereocenters. The van der Waals surface area contributed by atoms with E-state index in [0.717, 1.165) is 17.4 Å². The van der Waals surface area contributed by atoms with E-state index in [4.69, 9.17) is 14.7 Å². The fraction of sp³-hybridized carbons (Fsp3) is 0.304. The molecule has 1 unspecified atom stereocenters. The van der Waals surface area contributed by atoms with Crippen molar-refractivity contribution in [2.45, 2.75) is 39.2 Å². The van der Waals surface area contributed by atoms with E-state index in [2.05, 4.69) is 5.48 Å². The Labute approximate surface area is 180 Å². The number of carboxylic acids is 1. The summed E-state index contributed by atoms with van der Waals surface area (Å²) in [6.45, 7) is 1.47. The van der Waals surface area contributed by atoms with Gasteiger partial charge in [-0.2, -0.15) is 0 Å². The average Bonchev–Trinajstić information content (AvgIpc) is 2.73. The largest absolute Gasteiger partial charge is 0.478 e. The normalized spacial score (nSPS) is 11.4. The van der Waals surface area contributed by atoms with Crippen molar-refractivity contribution in [3.63, 3.8) is 0 Å². The molecule has 0 bridgehead atoms. The van der Waals surface area contributed by atoms with Gasteiger partial charge in [0, 0.05) is 19.8 Å². The zero-order valence-corrected chi connectivity index (χ0v) is 17.2. The van der Waals surface area contributed by atoms with E-state index in [0.29, 0.717) is 25.0 Å². The first-order valence-corrected chi connectivity index (χ1v) is 9.81. The molecule has 0 aromatic heterocycles. The van der Waals surface area contributed by atoms with Crippen molar-refractivity contribution in [2.75, 3.05) is 0 Å². The Bertz CT molecular complexity index is 891. The Kier molecular flexibility index (Phi) is 9.38. The van der Waals surface area contributed by atoms with Crippen molar-refractivity contribution in [2.24, 2.45) is 5.92 Å². The molecule has 2 N–H and O–H groups in total. The van der Waals surface area contributed by atoms with Gasteiger partial charge in [0.2, 0.25) is 5.91 Å². The molecule has 0 spiro atoms. The van der Waals surface area contributed by atoms with Gasteiger partial charge in [-0.25, -0.2) is 10.3 Å². The number of hydroxylamine groups is 1. The van der Waals surface area contributed by atoms with Gasteiger partial charge in [-0.1, -0.05) is 24.3 Å². The van der Waals surface area contributed by atoms with Crippen LogP contribution in [0.25, 0.3) is 0 Å². The van der Waals surface area contributed by atoms with Crippen LogP contribution in [0.5, 0.6) is 5.75 Å². The van der Waals surface area contributed by atoms with Crippen LogP contribution in [0.15, 0.2) is 48.5 Å². The number of ether oxygens (including phenoxy) is 1. The van der Waals surface area contributed by atoms with Gasteiger partial charge in [-0.15, -0.1) is 0 Å². The second kappa shape index (κ2) is 12.2. The monoisotopic (exact) mass is 427 g/mol. The standard InChI is InChI=1S/C23H25NO7/c1-16(26)31-21-9-4-19(5-10-21)15-30-24-22(27)11-6-18(12-13-25)14-17-2-7-20(8-3-17)23(28)29/h2-5,7-10,13,18H,6,11-12,14-15H2,1H3,(H,24,27)(H,28,29). The quantitative estimate of drug-likeness (QED) is 0.231. The molecule has 31 heavy (non-hydrogen) atoms. The van der Waals surface area contributed by atoms with E-state index in [1.165, 1.54) is 19.1 Å². The van der Waals surface area contributed by atoms with Gasteiger partial charge in [0.15, 0.2) is 0 Å². The van der Waals surface area contributed by atoms with Crippen LogP contribution < -0.4 is 10.2 Å². The summed E-state index contributed by atoms with van der Waals surface area (Å²) in [5, 5.41) is 8.95. The number of carboxylic acid groups (broad SMARTS) is 1. The lowest BCUT2D eigenvalue weighted by atomic mass is 9.92. The summed E-state index contributed by atoms with van der Waals surface area (Å²) < 4.78 is 4.94. The van der Waals surface area contributed by atoms with Gasteiger partial charge in [-0.3, -0.25) is 14.4 Å². The van der Waals surface area contributed by atoms with Crippen LogP contribution in [0.4, 0.5) is 0 Å². The van der Waals surface area contributed by atoms with Crippen molar-refractivity contribution < 1.29 is 33.9 Å². The molecule has 2 aromatic rings. The number of rotatable bonds is 12. The number of carbonyl (C=O) groups excluding carboxylic acids is 3. The number of carbonyl (C=O) groups is 4. The average molecular weight is 427 g/mol. The van der Waals surface area contributed by atoms with Crippen molar-refractivity contribution in [3.05, 3.63) is 65.2 Å². The van der Waals surface area contributed by atoms with Crippen LogP contribution in [-0.4, -0.2) is 29.2 Å². The number of amides is 1. The number of aromatic carboxylic acids is 1. The molecule has 0 aliphatic carbocycles. The maximum atomic E-state index is 12.0. The van der Waals surface area contributed by atoms with Crippen molar-refractivity contribution in [1.29, 1.82) is 0 Å². The van der Waals surface area contributed by atoms with E-state index in [-0.39, 0.29) is 30.4 Å². The Morgan fingerprint density at radius 3 is 2.26 bits per heavy atom. The van der Waals surface area contributed by atoms with Gasteiger partial charge >= 0.3 is 11.9 Å². The maximum Gasteiger partial charge on any atom is 0.335 e. The van der Waals surface area contributed by atoms with Crippen molar-refractivity contribution in [3.8, 4) is 5.75 Å². The summed E-state index contributed by atoms with van der Waals surface area (Å²) in [5.74, 6) is -1.30. The topological polar surface area (TPSA) is 119 Å². The highest BCUT2D eigenvalue weighted by atomic mass is 16.6. The van der Waals surface area contributed by atoms with Crippen molar-refractivity contribution in [1.82, 2.24) is 5.48 Å². The van der Waals surface area contributed by atoms with Gasteiger partial charge in [0.05, 0.1) is 12.2 Å². The summed E-state index contributed by atoms with van der Waals surface area (Å²) in [7, 11) is 0. The zero-order chi connectivity index (χ0) is 22.6. The molecule has 8 nitrogen and oxygen atoms in total. The van der Waals surface area contributed by atoms with E-state index in [9.17, 15) is 19.2 Å². The fourth-order valence-corrected chi connectivity index (χ4v) is 2.96. The predicted molar refractivity (Wildman–Crippen MR) is 111 cm³/mol. The third-order valence-electron chi connectivity index (χ3n) is 4.54. The SMILES string of the molecule is CC(=O)Oc1ccc(CONC(=O)CCC(CC=O)Cc2ccc(C(=O)O)cc2)cc1. The smallest absolute Gasteiger partial charge is 0.335 e. The summed E-state index contributed by atoms with van der Waals surface area (Å²) in [6, 6.07) is 13.2. The van der Waals surface area contributed by atoms with Gasteiger partial charge in [0.1, 0.15) is 12.0 Å². The van der Waals surface area contributed by atoms with E-state index >= 15 is 0 Å². The fourth-order valence-electron chi connectivity index (χ4n) is 2.96. The van der Waals surface area contributed by atoms with Crippen LogP contribution in [0.2, 0.25) is 0 Å². The van der Waals surface area contributed by atoms with Crippen molar-refractivity contribution >= 4 is 24.1 Å². The molecule has 0 heterocycles. The summed E-state index contributed by atoms with van der Waals surface area (Å²) >= 11 is 0. The lowest BCUT2D eigenvalue weighted by molar-refractivity contribution is -0.135. The highest BCUT2D eigenvalue weighted by Gasteiger charge is 2.13. The molecule has 0 radical (unpaired) electrons. The third kappa shape index (κ3) is 8.79. The minimum atomic E-state index is -0.993. The Hall–Kier alpha value is -3.52. The number of hydrogen-bond acceptors (Lipinski definition) is 6. The van der Waals surface area contributed by atoms with Crippen LogP contribution in [0.3, 0.4) is 0 Å². The lowest BCUT2D eigenvalue weighted by Gasteiger charge is -2.14. The minimum Gasteiger partial charge on any atom is -0.478 e. The summed E-state index contributed by atoms with van der Waals surface area (Å²) in [4.78, 5) is 50.1. The van der Waals surface area contributed by atoms with Crippen LogP contribution in [-0.2, 0) is 32.2 Å². The predicted octanol–water partition coefficient (Wildman–Crippen LogP) is 3.09. The first-order chi connectivity index (χ1) is 14.9. The number of nitrogens with one attached hydrogen (secondary N) is 1. The van der Waals surface area contributed by atoms with Crippen LogP contribution >= 0.6 is 0 Å². The van der Waals surface area contributed by atoms with Crippen LogP contribution in [0.1, 0.15) is 47.7 Å². The molecule has 0 fully saturated rings. The molecule has 8 heteroatoms. The van der Waals surface area contributed by atoms with E-state index in [1.807, 2.05) is 0 Å². The molecule has 0 saturated carbocycles. The Morgan fingerprint density at radius 1 is 1.03 bits per heavy atom. The van der Waals surface area contributed by atoms with Gasteiger partial charge in [0.25, 0.3) is 0 Å². The maximum absolute atomic E-state index is 12.0. The number of esters is 1. The molecule has 1 amide bonds. The highest BCUT2D eigenvalue weighted by molar-refractivity contribution is 5.87. The number of aldehydes is 1. The van der Waals surface area contributed by atoms with E-state index in [1.54, 1.807) is 36.4 Å². The van der Waals surface area contributed by atoms with Gasteiger partial charge in [-0.05, 0) is 54.2 Å². The molecule has 164 valence electrons. The Morgan fingerprint density at radius 2 is 1.68 bits per heavy atom. The minimum absolute atomic E-state index is 0.0345. The summed E-state index contributed by atoms with van der Waals surface area (Å²) in [5.41, 5.74) is 4.28. The highest BCUT2D eigenvalue weighted by Crippen LogP contribution is 2.18. The lowest BCUT2D eigenvalue weighted by Crippen LogP contribution is -2.24. The third-order valence-corrected chi connectivity index (χ3v) is 4.54.